The Bertz CT molecular complexity index is 922. The summed E-state index contributed by atoms with van der Waals surface area (Å²) in [5.41, 5.74) is 0.320. The highest BCUT2D eigenvalue weighted by atomic mass is 35.5. The molecule has 0 N–H and O–H groups in total. The van der Waals surface area contributed by atoms with Gasteiger partial charge in [0.15, 0.2) is 6.29 Å². The number of amides is 1. The van der Waals surface area contributed by atoms with Crippen molar-refractivity contribution in [3.8, 4) is 11.5 Å². The maximum atomic E-state index is 12.8. The molecule has 0 atom stereocenters. The molecule has 4 rings (SSSR count). The van der Waals surface area contributed by atoms with Crippen molar-refractivity contribution in [1.29, 1.82) is 0 Å². The van der Waals surface area contributed by atoms with Crippen molar-refractivity contribution in [2.75, 3.05) is 26.3 Å². The Morgan fingerprint density at radius 1 is 1.10 bits per heavy atom. The Labute approximate surface area is 178 Å². The Morgan fingerprint density at radius 3 is 2.40 bits per heavy atom. The van der Waals surface area contributed by atoms with Crippen LogP contribution in [0.5, 0.6) is 11.5 Å². The average Bonchev–Trinajstić information content (AvgIpc) is 3.30. The van der Waals surface area contributed by atoms with Crippen molar-refractivity contribution >= 4 is 23.2 Å². The summed E-state index contributed by atoms with van der Waals surface area (Å²) in [6, 6.07) is 10.8. The van der Waals surface area contributed by atoms with E-state index in [9.17, 15) is 14.9 Å². The van der Waals surface area contributed by atoms with Gasteiger partial charge in [0.05, 0.1) is 18.1 Å². The van der Waals surface area contributed by atoms with Gasteiger partial charge in [-0.2, -0.15) is 0 Å². The molecule has 2 fully saturated rings. The van der Waals surface area contributed by atoms with Gasteiger partial charge in [0, 0.05) is 35.7 Å². The molecule has 0 bridgehead atoms. The average molecular weight is 433 g/mol. The zero-order chi connectivity index (χ0) is 21.1. The molecule has 2 aliphatic rings. The molecule has 2 heterocycles. The van der Waals surface area contributed by atoms with Crippen LogP contribution in [0.3, 0.4) is 0 Å². The van der Waals surface area contributed by atoms with Gasteiger partial charge in [-0.05, 0) is 49.2 Å². The zero-order valence-corrected chi connectivity index (χ0v) is 16.9. The van der Waals surface area contributed by atoms with Crippen LogP contribution in [0, 0.1) is 16.0 Å². The molecule has 2 aromatic rings. The highest BCUT2D eigenvalue weighted by Gasteiger charge is 2.32. The van der Waals surface area contributed by atoms with Gasteiger partial charge in [0.25, 0.3) is 5.91 Å². The molecule has 0 unspecified atom stereocenters. The Morgan fingerprint density at radius 2 is 1.77 bits per heavy atom. The first kappa shape index (κ1) is 20.6. The Hall–Kier alpha value is -2.68. The van der Waals surface area contributed by atoms with Gasteiger partial charge in [-0.3, -0.25) is 14.9 Å². The number of hydrogen-bond donors (Lipinski definition) is 0. The summed E-state index contributed by atoms with van der Waals surface area (Å²) < 4.78 is 16.8. The Balaban J connectivity index is 1.38. The third-order valence-electron chi connectivity index (χ3n) is 5.31. The number of carbonyl (C=O) groups is 1. The summed E-state index contributed by atoms with van der Waals surface area (Å²) >= 11 is 5.82. The molecule has 0 saturated carbocycles. The summed E-state index contributed by atoms with van der Waals surface area (Å²) in [6.07, 6.45) is 1.55. The van der Waals surface area contributed by atoms with E-state index in [2.05, 4.69) is 0 Å². The number of benzene rings is 2. The van der Waals surface area contributed by atoms with Gasteiger partial charge in [-0.1, -0.05) is 11.6 Å². The Kier molecular flexibility index (Phi) is 6.17. The van der Waals surface area contributed by atoms with Crippen LogP contribution < -0.4 is 4.74 Å². The van der Waals surface area contributed by atoms with Crippen molar-refractivity contribution in [3.05, 3.63) is 63.2 Å². The van der Waals surface area contributed by atoms with E-state index in [0.717, 1.165) is 12.8 Å². The predicted octanol–water partition coefficient (Wildman–Crippen LogP) is 4.27. The van der Waals surface area contributed by atoms with Crippen LogP contribution in [-0.4, -0.2) is 48.3 Å². The lowest BCUT2D eigenvalue weighted by Gasteiger charge is -2.33. The maximum Gasteiger partial charge on any atom is 0.313 e. The highest BCUT2D eigenvalue weighted by molar-refractivity contribution is 6.30. The van der Waals surface area contributed by atoms with Crippen molar-refractivity contribution in [2.24, 2.45) is 5.92 Å². The van der Waals surface area contributed by atoms with Crippen LogP contribution >= 0.6 is 11.6 Å². The summed E-state index contributed by atoms with van der Waals surface area (Å²) in [5, 5.41) is 11.4. The first-order chi connectivity index (χ1) is 14.5. The number of nitro benzene ring substituents is 1. The normalized spacial score (nSPS) is 17.8. The minimum Gasteiger partial charge on any atom is -0.450 e. The first-order valence-electron chi connectivity index (χ1n) is 9.75. The van der Waals surface area contributed by atoms with E-state index in [1.807, 2.05) is 4.90 Å². The van der Waals surface area contributed by atoms with Gasteiger partial charge in [0.1, 0.15) is 5.75 Å². The smallest absolute Gasteiger partial charge is 0.313 e. The summed E-state index contributed by atoms with van der Waals surface area (Å²) in [7, 11) is 0. The minimum atomic E-state index is -0.551. The number of rotatable bonds is 5. The van der Waals surface area contributed by atoms with E-state index in [4.69, 9.17) is 25.8 Å². The molecule has 1 amide bonds. The van der Waals surface area contributed by atoms with E-state index < -0.39 is 4.92 Å². The van der Waals surface area contributed by atoms with Gasteiger partial charge >= 0.3 is 5.69 Å². The maximum absolute atomic E-state index is 12.8. The van der Waals surface area contributed by atoms with E-state index in [1.165, 1.54) is 18.2 Å². The fourth-order valence-electron chi connectivity index (χ4n) is 3.72. The quantitative estimate of drug-likeness (QED) is 0.517. The molecule has 9 heteroatoms. The van der Waals surface area contributed by atoms with Crippen molar-refractivity contribution in [1.82, 2.24) is 4.90 Å². The lowest BCUT2D eigenvalue weighted by atomic mass is 9.95. The third kappa shape index (κ3) is 4.56. The summed E-state index contributed by atoms with van der Waals surface area (Å²) in [5.74, 6) is 0.751. The lowest BCUT2D eigenvalue weighted by Crippen LogP contribution is -2.41. The SMILES string of the molecule is O=C(c1ccc(Oc2ccc(Cl)cc2[N+](=O)[O-])cc1)N1CCC(C2OCCO2)CC1. The molecule has 0 spiro atoms. The summed E-state index contributed by atoms with van der Waals surface area (Å²) in [6.45, 7) is 2.58. The van der Waals surface area contributed by atoms with Crippen molar-refractivity contribution in [3.63, 3.8) is 0 Å². The van der Waals surface area contributed by atoms with E-state index in [-0.39, 0.29) is 28.7 Å². The fourth-order valence-corrected chi connectivity index (χ4v) is 3.88. The van der Waals surface area contributed by atoms with Crippen molar-refractivity contribution in [2.45, 2.75) is 19.1 Å². The van der Waals surface area contributed by atoms with Crippen LogP contribution in [0.15, 0.2) is 42.5 Å². The topological polar surface area (TPSA) is 91.1 Å². The number of piperidine rings is 1. The number of carbonyl (C=O) groups excluding carboxylic acids is 1. The molecule has 30 heavy (non-hydrogen) atoms. The van der Waals surface area contributed by atoms with Crippen LogP contribution in [-0.2, 0) is 9.47 Å². The molecule has 8 nitrogen and oxygen atoms in total. The van der Waals surface area contributed by atoms with Crippen molar-refractivity contribution < 1.29 is 23.9 Å². The molecule has 2 saturated heterocycles. The number of likely N-dealkylation sites (tertiary alicyclic amines) is 1. The number of halogens is 1. The zero-order valence-electron chi connectivity index (χ0n) is 16.2. The second kappa shape index (κ2) is 8.99. The van der Waals surface area contributed by atoms with Gasteiger partial charge < -0.3 is 19.1 Å². The third-order valence-corrected chi connectivity index (χ3v) is 5.54. The minimum absolute atomic E-state index is 0.0502. The molecular formula is C21H21ClN2O6. The molecule has 0 aromatic heterocycles. The lowest BCUT2D eigenvalue weighted by molar-refractivity contribution is -0.385. The highest BCUT2D eigenvalue weighted by Crippen LogP contribution is 2.34. The number of nitro groups is 1. The predicted molar refractivity (Wildman–Crippen MR) is 109 cm³/mol. The van der Waals surface area contributed by atoms with Gasteiger partial charge in [0.2, 0.25) is 5.75 Å². The second-order valence-corrected chi connectivity index (χ2v) is 7.67. The monoisotopic (exact) mass is 432 g/mol. The van der Waals surface area contributed by atoms with E-state index >= 15 is 0 Å². The first-order valence-corrected chi connectivity index (χ1v) is 10.1. The van der Waals surface area contributed by atoms with E-state index in [1.54, 1.807) is 24.3 Å². The van der Waals surface area contributed by atoms with Crippen LogP contribution in [0.1, 0.15) is 23.2 Å². The fraction of sp³-hybridized carbons (Fsp3) is 0.381. The van der Waals surface area contributed by atoms with Crippen LogP contribution in [0.4, 0.5) is 5.69 Å². The van der Waals surface area contributed by atoms with Gasteiger partial charge in [-0.15, -0.1) is 0 Å². The van der Waals surface area contributed by atoms with Crippen LogP contribution in [0.25, 0.3) is 0 Å². The standard InChI is InChI=1S/C21H21ClN2O6/c22-16-3-6-19(18(13-16)24(26)27)30-17-4-1-14(2-5-17)20(25)23-9-7-15(8-10-23)21-28-11-12-29-21/h1-6,13,15,21H,7-12H2. The molecule has 2 aromatic carbocycles. The molecule has 2 aliphatic heterocycles. The molecule has 0 aliphatic carbocycles. The van der Waals surface area contributed by atoms with Gasteiger partial charge in [-0.25, -0.2) is 0 Å². The molecule has 158 valence electrons. The number of ether oxygens (including phenoxy) is 3. The summed E-state index contributed by atoms with van der Waals surface area (Å²) in [4.78, 5) is 25.3. The largest absolute Gasteiger partial charge is 0.450 e. The molecular weight excluding hydrogens is 412 g/mol. The van der Waals surface area contributed by atoms with E-state index in [0.29, 0.717) is 43.5 Å². The number of hydrogen-bond acceptors (Lipinski definition) is 6. The van der Waals surface area contributed by atoms with Crippen LogP contribution in [0.2, 0.25) is 5.02 Å². The number of nitrogens with zero attached hydrogens (tertiary/aromatic N) is 2. The molecule has 0 radical (unpaired) electrons. The second-order valence-electron chi connectivity index (χ2n) is 7.24.